The Morgan fingerprint density at radius 3 is 2.67 bits per heavy atom. The predicted molar refractivity (Wildman–Crippen MR) is 64.2 cm³/mol. The van der Waals surface area contributed by atoms with Crippen LogP contribution in [0.15, 0.2) is 35.1 Å². The van der Waals surface area contributed by atoms with Gasteiger partial charge in [0.1, 0.15) is 5.01 Å². The largest absolute Gasteiger partial charge is 0.214 e. The van der Waals surface area contributed by atoms with Crippen LogP contribution in [0.4, 0.5) is 0 Å². The molecule has 0 aliphatic heterocycles. The van der Waals surface area contributed by atoms with Gasteiger partial charge < -0.3 is 0 Å². The first kappa shape index (κ1) is 9.48. The van der Waals surface area contributed by atoms with Crippen molar-refractivity contribution in [1.29, 1.82) is 0 Å². The number of hydrogen-bond acceptors (Lipinski definition) is 3. The first-order valence-electron chi connectivity index (χ1n) is 4.88. The molecule has 76 valence electrons. The van der Waals surface area contributed by atoms with Gasteiger partial charge in [-0.1, -0.05) is 30.3 Å². The highest BCUT2D eigenvalue weighted by Gasteiger charge is 2.41. The maximum Gasteiger partial charge on any atom is 0.209 e. The Balaban J connectivity index is 1.80. The number of aromatic nitrogens is 2. The molecule has 15 heavy (non-hydrogen) atoms. The lowest BCUT2D eigenvalue weighted by Crippen LogP contribution is -1.82. The molecule has 0 radical (unpaired) electrons. The first-order chi connectivity index (χ1) is 7.34. The van der Waals surface area contributed by atoms with Crippen molar-refractivity contribution in [2.24, 2.45) is 0 Å². The first-order valence-corrected chi connectivity index (χ1v) is 6.45. The van der Waals surface area contributed by atoms with E-state index in [0.29, 0.717) is 11.8 Å². The van der Waals surface area contributed by atoms with Crippen molar-refractivity contribution < 1.29 is 0 Å². The van der Waals surface area contributed by atoms with Gasteiger partial charge in [-0.2, -0.15) is 4.37 Å². The minimum absolute atomic E-state index is 0.594. The maximum atomic E-state index is 4.37. The number of halogens is 1. The molecule has 2 nitrogen and oxygen atoms in total. The van der Waals surface area contributed by atoms with E-state index in [-0.39, 0.29) is 0 Å². The monoisotopic (exact) mass is 280 g/mol. The van der Waals surface area contributed by atoms with Crippen molar-refractivity contribution in [2.45, 2.75) is 18.3 Å². The van der Waals surface area contributed by atoms with Gasteiger partial charge in [0, 0.05) is 5.92 Å². The number of nitrogens with zero attached hydrogens (tertiary/aromatic N) is 2. The molecule has 3 rings (SSSR count). The molecule has 0 bridgehead atoms. The lowest BCUT2D eigenvalue weighted by molar-refractivity contribution is 0.995. The molecule has 1 aromatic carbocycles. The zero-order chi connectivity index (χ0) is 10.3. The molecule has 2 atom stereocenters. The third kappa shape index (κ3) is 1.84. The second kappa shape index (κ2) is 3.68. The Labute approximate surface area is 101 Å². The Bertz CT molecular complexity index is 468. The van der Waals surface area contributed by atoms with Gasteiger partial charge >= 0.3 is 0 Å². The SMILES string of the molecule is Brc1nsc(C2CC2c2ccccc2)n1. The molecule has 1 aliphatic carbocycles. The van der Waals surface area contributed by atoms with E-state index in [2.05, 4.69) is 55.6 Å². The van der Waals surface area contributed by atoms with Gasteiger partial charge in [-0.05, 0) is 45.4 Å². The van der Waals surface area contributed by atoms with Crippen molar-refractivity contribution in [2.75, 3.05) is 0 Å². The molecule has 1 heterocycles. The van der Waals surface area contributed by atoms with Gasteiger partial charge in [0.25, 0.3) is 0 Å². The lowest BCUT2D eigenvalue weighted by atomic mass is 10.1. The molecular formula is C11H9BrN2S. The Morgan fingerprint density at radius 2 is 2.00 bits per heavy atom. The van der Waals surface area contributed by atoms with Gasteiger partial charge in [0.15, 0.2) is 0 Å². The molecule has 1 fully saturated rings. The highest BCUT2D eigenvalue weighted by molar-refractivity contribution is 9.10. The third-order valence-electron chi connectivity index (χ3n) is 2.75. The van der Waals surface area contributed by atoms with Crippen LogP contribution in [-0.4, -0.2) is 9.36 Å². The van der Waals surface area contributed by atoms with Gasteiger partial charge in [-0.3, -0.25) is 0 Å². The van der Waals surface area contributed by atoms with Crippen molar-refractivity contribution in [3.63, 3.8) is 0 Å². The van der Waals surface area contributed by atoms with Crippen molar-refractivity contribution in [3.05, 3.63) is 45.6 Å². The van der Waals surface area contributed by atoms with E-state index < -0.39 is 0 Å². The summed E-state index contributed by atoms with van der Waals surface area (Å²) in [6.07, 6.45) is 1.21. The van der Waals surface area contributed by atoms with E-state index in [4.69, 9.17) is 0 Å². The van der Waals surface area contributed by atoms with Crippen molar-refractivity contribution in [1.82, 2.24) is 9.36 Å². The summed E-state index contributed by atoms with van der Waals surface area (Å²) in [5.74, 6) is 1.25. The van der Waals surface area contributed by atoms with Gasteiger partial charge in [-0.25, -0.2) is 4.98 Å². The van der Waals surface area contributed by atoms with Gasteiger partial charge in [0.05, 0.1) is 0 Å². The van der Waals surface area contributed by atoms with E-state index >= 15 is 0 Å². The molecule has 2 aromatic rings. The number of benzene rings is 1. The second-order valence-electron chi connectivity index (χ2n) is 3.76. The van der Waals surface area contributed by atoms with E-state index in [0.717, 1.165) is 9.74 Å². The third-order valence-corrected chi connectivity index (χ3v) is 4.19. The summed E-state index contributed by atoms with van der Waals surface area (Å²) in [5, 5.41) is 1.16. The highest BCUT2D eigenvalue weighted by atomic mass is 79.9. The Morgan fingerprint density at radius 1 is 1.20 bits per heavy atom. The van der Waals surface area contributed by atoms with Crippen LogP contribution >= 0.6 is 27.5 Å². The molecule has 2 unspecified atom stereocenters. The van der Waals surface area contributed by atoms with Gasteiger partial charge in [-0.15, -0.1) is 0 Å². The van der Waals surface area contributed by atoms with Gasteiger partial charge in [0.2, 0.25) is 4.73 Å². The predicted octanol–water partition coefficient (Wildman–Crippen LogP) is 3.57. The fourth-order valence-electron chi connectivity index (χ4n) is 1.90. The average Bonchev–Trinajstić information content (AvgIpc) is 2.96. The minimum atomic E-state index is 0.594. The molecule has 0 saturated heterocycles. The van der Waals surface area contributed by atoms with Crippen LogP contribution in [0, 0.1) is 0 Å². The fourth-order valence-corrected chi connectivity index (χ4v) is 3.16. The summed E-state index contributed by atoms with van der Waals surface area (Å²) < 4.78 is 4.88. The molecule has 0 spiro atoms. The molecule has 4 heteroatoms. The molecule has 0 N–H and O–H groups in total. The summed E-state index contributed by atoms with van der Waals surface area (Å²) in [6.45, 7) is 0. The highest BCUT2D eigenvalue weighted by Crippen LogP contribution is 2.54. The quantitative estimate of drug-likeness (QED) is 0.841. The smallest absolute Gasteiger partial charge is 0.209 e. The topological polar surface area (TPSA) is 25.8 Å². The van der Waals surface area contributed by atoms with Crippen LogP contribution in [-0.2, 0) is 0 Å². The minimum Gasteiger partial charge on any atom is -0.214 e. The summed E-state index contributed by atoms with van der Waals surface area (Å²) in [5.41, 5.74) is 1.42. The van der Waals surface area contributed by atoms with Crippen LogP contribution < -0.4 is 0 Å². The van der Waals surface area contributed by atoms with E-state index in [1.807, 2.05) is 0 Å². The molecule has 0 amide bonds. The van der Waals surface area contributed by atoms with E-state index in [1.54, 1.807) is 0 Å². The van der Waals surface area contributed by atoms with Crippen LogP contribution in [0.2, 0.25) is 0 Å². The van der Waals surface area contributed by atoms with Crippen molar-refractivity contribution in [3.8, 4) is 0 Å². The van der Waals surface area contributed by atoms with Crippen LogP contribution in [0.1, 0.15) is 28.8 Å². The standard InChI is InChI=1S/C11H9BrN2S/c12-11-13-10(15-14-11)9-6-8(9)7-4-2-1-3-5-7/h1-5,8-9H,6H2. The summed E-state index contributed by atoms with van der Waals surface area (Å²) in [6, 6.07) is 10.6. The molecular weight excluding hydrogens is 272 g/mol. The zero-order valence-corrected chi connectivity index (χ0v) is 10.3. The Kier molecular flexibility index (Phi) is 2.33. The second-order valence-corrected chi connectivity index (χ2v) is 5.25. The van der Waals surface area contributed by atoms with E-state index in [1.165, 1.54) is 23.5 Å². The molecule has 1 saturated carbocycles. The summed E-state index contributed by atoms with van der Waals surface area (Å²) >= 11 is 4.80. The number of rotatable bonds is 2. The lowest BCUT2D eigenvalue weighted by Gasteiger charge is -1.96. The van der Waals surface area contributed by atoms with Crippen LogP contribution in [0.25, 0.3) is 0 Å². The maximum absolute atomic E-state index is 4.37. The van der Waals surface area contributed by atoms with Crippen molar-refractivity contribution >= 4 is 27.5 Å². The summed E-state index contributed by atoms with van der Waals surface area (Å²) in [7, 11) is 0. The zero-order valence-electron chi connectivity index (χ0n) is 7.93. The summed E-state index contributed by atoms with van der Waals surface area (Å²) in [4.78, 5) is 4.37. The average molecular weight is 281 g/mol. The van der Waals surface area contributed by atoms with E-state index in [9.17, 15) is 0 Å². The molecule has 1 aliphatic rings. The Hall–Kier alpha value is -0.740. The molecule has 1 aromatic heterocycles. The van der Waals surface area contributed by atoms with Crippen LogP contribution in [0.5, 0.6) is 0 Å². The fraction of sp³-hybridized carbons (Fsp3) is 0.273. The van der Waals surface area contributed by atoms with Crippen LogP contribution in [0.3, 0.4) is 0 Å². The normalized spacial score (nSPS) is 24.1. The number of hydrogen-bond donors (Lipinski definition) is 0.